The second-order valence-electron chi connectivity index (χ2n) is 5.84. The fraction of sp³-hybridized carbons (Fsp3) is 0.438. The Morgan fingerprint density at radius 3 is 2.67 bits per heavy atom. The highest BCUT2D eigenvalue weighted by atomic mass is 35.5. The number of halogens is 1. The number of nitrogens with zero attached hydrogens (tertiary/aromatic N) is 1. The summed E-state index contributed by atoms with van der Waals surface area (Å²) in [7, 11) is 0. The molecule has 0 bridgehead atoms. The van der Waals surface area contributed by atoms with Crippen LogP contribution in [0.3, 0.4) is 0 Å². The van der Waals surface area contributed by atoms with Crippen molar-refractivity contribution in [1.29, 1.82) is 0 Å². The molecule has 1 aliphatic rings. The Kier molecular flexibility index (Phi) is 6.16. The van der Waals surface area contributed by atoms with Crippen LogP contribution in [0.25, 0.3) is 0 Å². The smallest absolute Gasteiger partial charge is 0.329 e. The van der Waals surface area contributed by atoms with Gasteiger partial charge in [-0.2, -0.15) is 0 Å². The summed E-state index contributed by atoms with van der Waals surface area (Å²) in [5, 5.41) is 5.88. The average Bonchev–Trinajstić information content (AvgIpc) is 2.85. The Balaban J connectivity index is 1.89. The molecule has 0 spiro atoms. The van der Waals surface area contributed by atoms with E-state index in [1.165, 1.54) is 0 Å². The molecule has 1 fully saturated rings. The van der Waals surface area contributed by atoms with E-state index in [4.69, 9.17) is 17.3 Å². The fourth-order valence-corrected chi connectivity index (χ4v) is 2.42. The Hall–Kier alpha value is -2.12. The van der Waals surface area contributed by atoms with Crippen LogP contribution in [0, 0.1) is 5.92 Å². The summed E-state index contributed by atoms with van der Waals surface area (Å²) in [6, 6.07) is 5.22. The normalized spacial score (nSPS) is 18.5. The number of benzene rings is 1. The lowest BCUT2D eigenvalue weighted by Gasteiger charge is -2.13. The van der Waals surface area contributed by atoms with E-state index < -0.39 is 12.1 Å². The van der Waals surface area contributed by atoms with Crippen molar-refractivity contribution in [2.75, 3.05) is 18.0 Å². The van der Waals surface area contributed by atoms with E-state index >= 15 is 0 Å². The predicted molar refractivity (Wildman–Crippen MR) is 91.7 cm³/mol. The summed E-state index contributed by atoms with van der Waals surface area (Å²) in [6.45, 7) is 2.93. The van der Waals surface area contributed by atoms with Crippen molar-refractivity contribution in [1.82, 2.24) is 10.6 Å². The molecule has 1 aromatic carbocycles. The number of hydrogen-bond acceptors (Lipinski definition) is 4. The van der Waals surface area contributed by atoms with Crippen LogP contribution >= 0.6 is 11.6 Å². The first-order valence-electron chi connectivity index (χ1n) is 7.79. The fourth-order valence-electron chi connectivity index (χ4n) is 2.30. The second-order valence-corrected chi connectivity index (χ2v) is 6.27. The summed E-state index contributed by atoms with van der Waals surface area (Å²) in [5.74, 6) is -0.338. The van der Waals surface area contributed by atoms with E-state index in [0.29, 0.717) is 23.8 Å². The van der Waals surface area contributed by atoms with Gasteiger partial charge in [0, 0.05) is 18.0 Å². The molecule has 0 radical (unpaired) electrons. The zero-order valence-corrected chi connectivity index (χ0v) is 14.2. The van der Waals surface area contributed by atoms with Gasteiger partial charge in [-0.3, -0.25) is 9.59 Å². The van der Waals surface area contributed by atoms with Gasteiger partial charge >= 0.3 is 6.03 Å². The van der Waals surface area contributed by atoms with Crippen LogP contribution in [0.2, 0.25) is 5.02 Å². The Labute approximate surface area is 145 Å². The molecular weight excluding hydrogens is 332 g/mol. The summed E-state index contributed by atoms with van der Waals surface area (Å²) >= 11 is 5.81. The quantitative estimate of drug-likeness (QED) is 0.642. The minimum absolute atomic E-state index is 0.155. The number of urea groups is 1. The van der Waals surface area contributed by atoms with Gasteiger partial charge in [-0.15, -0.1) is 0 Å². The average molecular weight is 353 g/mol. The lowest BCUT2D eigenvalue weighted by atomic mass is 10.1. The van der Waals surface area contributed by atoms with Gasteiger partial charge in [0.1, 0.15) is 6.04 Å². The van der Waals surface area contributed by atoms with E-state index in [1.807, 2.05) is 6.92 Å². The van der Waals surface area contributed by atoms with E-state index in [0.717, 1.165) is 4.90 Å². The van der Waals surface area contributed by atoms with E-state index in [-0.39, 0.29) is 30.6 Å². The maximum Gasteiger partial charge on any atom is 0.329 e. The molecule has 2 unspecified atom stereocenters. The Bertz CT molecular complexity index is 620. The Morgan fingerprint density at radius 1 is 1.38 bits per heavy atom. The second kappa shape index (κ2) is 8.12. The topological polar surface area (TPSA) is 105 Å². The number of rotatable bonds is 7. The van der Waals surface area contributed by atoms with Crippen LogP contribution in [-0.4, -0.2) is 37.0 Å². The summed E-state index contributed by atoms with van der Waals surface area (Å²) < 4.78 is 0. The van der Waals surface area contributed by atoms with E-state index in [9.17, 15) is 14.4 Å². The maximum atomic E-state index is 12.4. The van der Waals surface area contributed by atoms with Crippen molar-refractivity contribution in [2.45, 2.75) is 25.8 Å². The third kappa shape index (κ3) is 4.46. The van der Waals surface area contributed by atoms with Crippen LogP contribution in [0.1, 0.15) is 19.8 Å². The molecule has 8 heteroatoms. The first-order chi connectivity index (χ1) is 11.4. The molecular formula is C16H21ClN4O3. The SMILES string of the molecule is CC(CN)CNC(=O)CCC1NC(=O)N(c2ccc(Cl)cc2)C1=O. The van der Waals surface area contributed by atoms with Crippen LogP contribution in [0.5, 0.6) is 0 Å². The molecule has 1 aromatic rings. The van der Waals surface area contributed by atoms with Crippen molar-refractivity contribution < 1.29 is 14.4 Å². The molecule has 130 valence electrons. The third-order valence-electron chi connectivity index (χ3n) is 3.81. The molecule has 4 N–H and O–H groups in total. The van der Waals surface area contributed by atoms with Gasteiger partial charge in [0.05, 0.1) is 5.69 Å². The number of imide groups is 1. The number of anilines is 1. The molecule has 1 heterocycles. The molecule has 4 amide bonds. The van der Waals surface area contributed by atoms with Gasteiger partial charge in [0.2, 0.25) is 5.91 Å². The van der Waals surface area contributed by atoms with Gasteiger partial charge in [-0.1, -0.05) is 18.5 Å². The maximum absolute atomic E-state index is 12.4. The monoisotopic (exact) mass is 352 g/mol. The minimum atomic E-state index is -0.703. The number of carbonyl (C=O) groups excluding carboxylic acids is 3. The molecule has 2 atom stereocenters. The van der Waals surface area contributed by atoms with Gasteiger partial charge < -0.3 is 16.4 Å². The largest absolute Gasteiger partial charge is 0.356 e. The molecule has 7 nitrogen and oxygen atoms in total. The number of hydrogen-bond donors (Lipinski definition) is 3. The molecule has 1 aliphatic heterocycles. The minimum Gasteiger partial charge on any atom is -0.356 e. The molecule has 2 rings (SSSR count). The van der Waals surface area contributed by atoms with Crippen molar-refractivity contribution in [3.05, 3.63) is 29.3 Å². The lowest BCUT2D eigenvalue weighted by molar-refractivity contribution is -0.121. The van der Waals surface area contributed by atoms with Crippen LogP contribution in [0.15, 0.2) is 24.3 Å². The predicted octanol–water partition coefficient (Wildman–Crippen LogP) is 1.26. The van der Waals surface area contributed by atoms with Gasteiger partial charge in [-0.25, -0.2) is 9.69 Å². The first-order valence-corrected chi connectivity index (χ1v) is 8.17. The zero-order chi connectivity index (χ0) is 17.7. The molecule has 24 heavy (non-hydrogen) atoms. The standard InChI is InChI=1S/C16H21ClN4O3/c1-10(8-18)9-19-14(22)7-6-13-15(23)21(16(24)20-13)12-4-2-11(17)3-5-12/h2-5,10,13H,6-9,18H2,1H3,(H,19,22)(H,20,24). The molecule has 0 aromatic heterocycles. The van der Waals surface area contributed by atoms with E-state index in [1.54, 1.807) is 24.3 Å². The number of amides is 4. The van der Waals surface area contributed by atoms with Gasteiger partial charge in [0.15, 0.2) is 0 Å². The highest BCUT2D eigenvalue weighted by molar-refractivity contribution is 6.30. The lowest BCUT2D eigenvalue weighted by Crippen LogP contribution is -2.34. The van der Waals surface area contributed by atoms with E-state index in [2.05, 4.69) is 10.6 Å². The zero-order valence-electron chi connectivity index (χ0n) is 13.4. The summed E-state index contributed by atoms with van der Waals surface area (Å²) in [4.78, 5) is 37.3. The highest BCUT2D eigenvalue weighted by Crippen LogP contribution is 2.23. The van der Waals surface area contributed by atoms with Crippen LogP contribution in [-0.2, 0) is 9.59 Å². The first kappa shape index (κ1) is 18.2. The number of nitrogens with one attached hydrogen (secondary N) is 2. The number of nitrogens with two attached hydrogens (primary N) is 1. The third-order valence-corrected chi connectivity index (χ3v) is 4.07. The molecule has 1 saturated heterocycles. The molecule has 0 aliphatic carbocycles. The Morgan fingerprint density at radius 2 is 2.04 bits per heavy atom. The van der Waals surface area contributed by atoms with Gasteiger partial charge in [0.25, 0.3) is 5.91 Å². The highest BCUT2D eigenvalue weighted by Gasteiger charge is 2.38. The summed E-state index contributed by atoms with van der Waals surface area (Å²) in [6.07, 6.45) is 0.403. The molecule has 0 saturated carbocycles. The van der Waals surface area contributed by atoms with Gasteiger partial charge in [-0.05, 0) is 43.1 Å². The van der Waals surface area contributed by atoms with Crippen LogP contribution < -0.4 is 21.3 Å². The van der Waals surface area contributed by atoms with Crippen molar-refractivity contribution in [3.63, 3.8) is 0 Å². The van der Waals surface area contributed by atoms with Crippen molar-refractivity contribution in [2.24, 2.45) is 11.7 Å². The number of carbonyl (C=O) groups is 3. The van der Waals surface area contributed by atoms with Crippen molar-refractivity contribution >= 4 is 35.1 Å². The van der Waals surface area contributed by atoms with Crippen molar-refractivity contribution in [3.8, 4) is 0 Å². The van der Waals surface area contributed by atoms with Crippen LogP contribution in [0.4, 0.5) is 10.5 Å². The summed E-state index contributed by atoms with van der Waals surface area (Å²) in [5.41, 5.74) is 5.94.